The van der Waals surface area contributed by atoms with Crippen LogP contribution in [0.25, 0.3) is 0 Å². The highest BCUT2D eigenvalue weighted by molar-refractivity contribution is 5.85. The summed E-state index contributed by atoms with van der Waals surface area (Å²) in [7, 11) is 0. The zero-order valence-corrected chi connectivity index (χ0v) is 10.6. The molecule has 1 aromatic rings. The van der Waals surface area contributed by atoms with E-state index >= 15 is 0 Å². The SMILES string of the molecule is CCC1CCCC(Oc2cccc(C(=O)O)n2)C1. The van der Waals surface area contributed by atoms with E-state index in [4.69, 9.17) is 9.84 Å². The van der Waals surface area contributed by atoms with Gasteiger partial charge in [-0.2, -0.15) is 0 Å². The van der Waals surface area contributed by atoms with E-state index in [9.17, 15) is 4.79 Å². The average Bonchev–Trinajstić information content (AvgIpc) is 2.39. The molecule has 1 aliphatic rings. The van der Waals surface area contributed by atoms with Gasteiger partial charge in [-0.1, -0.05) is 25.8 Å². The normalized spacial score (nSPS) is 23.6. The zero-order valence-electron chi connectivity index (χ0n) is 10.6. The van der Waals surface area contributed by atoms with E-state index in [-0.39, 0.29) is 11.8 Å². The van der Waals surface area contributed by atoms with Crippen LogP contribution in [0.3, 0.4) is 0 Å². The maximum Gasteiger partial charge on any atom is 0.354 e. The molecule has 2 atom stereocenters. The molecule has 0 aliphatic heterocycles. The molecule has 98 valence electrons. The minimum absolute atomic E-state index is 0.0374. The van der Waals surface area contributed by atoms with Crippen LogP contribution >= 0.6 is 0 Å². The van der Waals surface area contributed by atoms with Crippen molar-refractivity contribution in [2.75, 3.05) is 0 Å². The third kappa shape index (κ3) is 3.22. The molecule has 1 saturated carbocycles. The Labute approximate surface area is 107 Å². The number of rotatable bonds is 4. The molecule has 18 heavy (non-hydrogen) atoms. The minimum atomic E-state index is -1.02. The molecular formula is C14H19NO3. The van der Waals surface area contributed by atoms with Crippen molar-refractivity contribution >= 4 is 5.97 Å². The Morgan fingerprint density at radius 2 is 2.33 bits per heavy atom. The molecule has 1 heterocycles. The van der Waals surface area contributed by atoms with Crippen molar-refractivity contribution in [2.24, 2.45) is 5.92 Å². The molecule has 0 radical (unpaired) electrons. The lowest BCUT2D eigenvalue weighted by Crippen LogP contribution is -2.25. The number of hydrogen-bond acceptors (Lipinski definition) is 3. The fraction of sp³-hybridized carbons (Fsp3) is 0.571. The summed E-state index contributed by atoms with van der Waals surface area (Å²) in [6.45, 7) is 2.20. The maximum atomic E-state index is 10.8. The van der Waals surface area contributed by atoms with Gasteiger partial charge in [0.25, 0.3) is 0 Å². The summed E-state index contributed by atoms with van der Waals surface area (Å²) in [6, 6.07) is 4.87. The van der Waals surface area contributed by atoms with Gasteiger partial charge in [0.15, 0.2) is 5.69 Å². The van der Waals surface area contributed by atoms with E-state index in [1.54, 1.807) is 12.1 Å². The molecule has 2 unspecified atom stereocenters. The highest BCUT2D eigenvalue weighted by atomic mass is 16.5. The van der Waals surface area contributed by atoms with Crippen molar-refractivity contribution in [2.45, 2.75) is 45.1 Å². The number of nitrogens with zero attached hydrogens (tertiary/aromatic N) is 1. The predicted molar refractivity (Wildman–Crippen MR) is 67.9 cm³/mol. The van der Waals surface area contributed by atoms with Crippen LogP contribution in [0.15, 0.2) is 18.2 Å². The summed E-state index contributed by atoms with van der Waals surface area (Å²) < 4.78 is 5.80. The van der Waals surface area contributed by atoms with Gasteiger partial charge in [0.2, 0.25) is 5.88 Å². The van der Waals surface area contributed by atoms with Crippen molar-refractivity contribution in [3.63, 3.8) is 0 Å². The fourth-order valence-corrected chi connectivity index (χ4v) is 2.49. The lowest BCUT2D eigenvalue weighted by atomic mass is 9.85. The summed E-state index contributed by atoms with van der Waals surface area (Å²) in [5.41, 5.74) is 0.0374. The van der Waals surface area contributed by atoms with Crippen molar-refractivity contribution in [3.8, 4) is 5.88 Å². The van der Waals surface area contributed by atoms with Crippen LogP contribution in [0.5, 0.6) is 5.88 Å². The molecule has 4 heteroatoms. The molecule has 0 amide bonds. The van der Waals surface area contributed by atoms with Crippen molar-refractivity contribution < 1.29 is 14.6 Å². The van der Waals surface area contributed by atoms with Crippen LogP contribution in [0.1, 0.15) is 49.5 Å². The second-order valence-electron chi connectivity index (χ2n) is 4.85. The third-order valence-electron chi connectivity index (χ3n) is 3.54. The van der Waals surface area contributed by atoms with Gasteiger partial charge in [-0.05, 0) is 31.2 Å². The first-order valence-electron chi connectivity index (χ1n) is 6.56. The smallest absolute Gasteiger partial charge is 0.354 e. The van der Waals surface area contributed by atoms with Gasteiger partial charge in [0.05, 0.1) is 0 Å². The van der Waals surface area contributed by atoms with E-state index in [1.165, 1.54) is 25.3 Å². The number of aromatic carboxylic acids is 1. The molecular weight excluding hydrogens is 230 g/mol. The number of pyridine rings is 1. The van der Waals surface area contributed by atoms with Gasteiger partial charge in [-0.25, -0.2) is 9.78 Å². The molecule has 1 fully saturated rings. The summed E-state index contributed by atoms with van der Waals surface area (Å²) in [5.74, 6) is 0.138. The topological polar surface area (TPSA) is 59.4 Å². The average molecular weight is 249 g/mol. The van der Waals surface area contributed by atoms with Crippen LogP contribution < -0.4 is 4.74 Å². The number of carbonyl (C=O) groups is 1. The highest BCUT2D eigenvalue weighted by Crippen LogP contribution is 2.29. The van der Waals surface area contributed by atoms with Crippen LogP contribution in [0, 0.1) is 5.92 Å². The largest absolute Gasteiger partial charge is 0.477 e. The van der Waals surface area contributed by atoms with Gasteiger partial charge in [0.1, 0.15) is 6.10 Å². The summed E-state index contributed by atoms with van der Waals surface area (Å²) in [5, 5.41) is 8.88. The molecule has 2 rings (SSSR count). The zero-order chi connectivity index (χ0) is 13.0. The number of ether oxygens (including phenoxy) is 1. The first kappa shape index (κ1) is 12.9. The Morgan fingerprint density at radius 1 is 1.50 bits per heavy atom. The van der Waals surface area contributed by atoms with Gasteiger partial charge < -0.3 is 9.84 Å². The maximum absolute atomic E-state index is 10.8. The summed E-state index contributed by atoms with van der Waals surface area (Å²) >= 11 is 0. The lowest BCUT2D eigenvalue weighted by molar-refractivity contribution is 0.0685. The molecule has 0 spiro atoms. The first-order chi connectivity index (χ1) is 8.69. The Kier molecular flexibility index (Phi) is 4.18. The third-order valence-corrected chi connectivity index (χ3v) is 3.54. The summed E-state index contributed by atoms with van der Waals surface area (Å²) in [4.78, 5) is 14.8. The molecule has 0 bridgehead atoms. The number of carboxylic acid groups (broad SMARTS) is 1. The van der Waals surface area contributed by atoms with Gasteiger partial charge in [0, 0.05) is 6.07 Å². The quantitative estimate of drug-likeness (QED) is 0.890. The standard InChI is InChI=1S/C14H19NO3/c1-2-10-5-3-6-11(9-10)18-13-8-4-7-12(15-13)14(16)17/h4,7-8,10-11H,2-3,5-6,9H2,1H3,(H,16,17). The summed E-state index contributed by atoms with van der Waals surface area (Å²) in [6.07, 6.45) is 5.91. The van der Waals surface area contributed by atoms with Gasteiger partial charge >= 0.3 is 5.97 Å². The molecule has 4 nitrogen and oxygen atoms in total. The number of carboxylic acids is 1. The van der Waals surface area contributed by atoms with Crippen LogP contribution in [0.2, 0.25) is 0 Å². The minimum Gasteiger partial charge on any atom is -0.477 e. The molecule has 0 saturated heterocycles. The number of hydrogen-bond donors (Lipinski definition) is 1. The molecule has 0 aromatic carbocycles. The van der Waals surface area contributed by atoms with Crippen LogP contribution in [-0.2, 0) is 0 Å². The van der Waals surface area contributed by atoms with Crippen molar-refractivity contribution in [1.82, 2.24) is 4.98 Å². The Hall–Kier alpha value is -1.58. The highest BCUT2D eigenvalue weighted by Gasteiger charge is 2.22. The van der Waals surface area contributed by atoms with Crippen molar-refractivity contribution in [1.29, 1.82) is 0 Å². The molecule has 1 aromatic heterocycles. The van der Waals surface area contributed by atoms with E-state index in [0.717, 1.165) is 18.8 Å². The van der Waals surface area contributed by atoms with E-state index in [0.29, 0.717) is 5.88 Å². The van der Waals surface area contributed by atoms with Crippen LogP contribution in [0.4, 0.5) is 0 Å². The van der Waals surface area contributed by atoms with Gasteiger partial charge in [-0.15, -0.1) is 0 Å². The van der Waals surface area contributed by atoms with Crippen molar-refractivity contribution in [3.05, 3.63) is 23.9 Å². The Balaban J connectivity index is 2.00. The van der Waals surface area contributed by atoms with E-state index in [2.05, 4.69) is 11.9 Å². The first-order valence-corrected chi connectivity index (χ1v) is 6.56. The second kappa shape index (κ2) is 5.85. The lowest BCUT2D eigenvalue weighted by Gasteiger charge is -2.28. The van der Waals surface area contributed by atoms with E-state index in [1.807, 2.05) is 0 Å². The Bertz CT molecular complexity index is 419. The molecule has 1 N–H and O–H groups in total. The monoisotopic (exact) mass is 249 g/mol. The molecule has 1 aliphatic carbocycles. The van der Waals surface area contributed by atoms with E-state index < -0.39 is 5.97 Å². The van der Waals surface area contributed by atoms with Gasteiger partial charge in [-0.3, -0.25) is 0 Å². The Morgan fingerprint density at radius 3 is 3.06 bits per heavy atom. The fourth-order valence-electron chi connectivity index (χ4n) is 2.49. The number of aromatic nitrogens is 1. The predicted octanol–water partition coefficient (Wildman–Crippen LogP) is 3.13. The second-order valence-corrected chi connectivity index (χ2v) is 4.85. The van der Waals surface area contributed by atoms with Crippen LogP contribution in [-0.4, -0.2) is 22.2 Å².